The highest BCUT2D eigenvalue weighted by atomic mass is 32.2. The average molecular weight is 254 g/mol. The SMILES string of the molecule is C/C=C/C(=O)Nc1cc(S(N)(=O)=O)ccc1C. The Labute approximate surface area is 100 Å². The molecule has 0 fully saturated rings. The van der Waals surface area contributed by atoms with Crippen LogP contribution in [0, 0.1) is 6.92 Å². The Morgan fingerprint density at radius 3 is 2.59 bits per heavy atom. The molecular weight excluding hydrogens is 240 g/mol. The molecule has 0 saturated heterocycles. The molecule has 1 rings (SSSR count). The summed E-state index contributed by atoms with van der Waals surface area (Å²) in [5.74, 6) is -0.317. The van der Waals surface area contributed by atoms with Crippen molar-refractivity contribution in [2.75, 3.05) is 5.32 Å². The van der Waals surface area contributed by atoms with Gasteiger partial charge in [-0.1, -0.05) is 12.1 Å². The first-order valence-electron chi connectivity index (χ1n) is 4.91. The van der Waals surface area contributed by atoms with Crippen molar-refractivity contribution in [3.63, 3.8) is 0 Å². The second kappa shape index (κ2) is 5.11. The highest BCUT2D eigenvalue weighted by Crippen LogP contribution is 2.19. The molecule has 5 nitrogen and oxygen atoms in total. The van der Waals surface area contributed by atoms with E-state index in [2.05, 4.69) is 5.32 Å². The summed E-state index contributed by atoms with van der Waals surface area (Å²) in [5, 5.41) is 7.59. The Morgan fingerprint density at radius 2 is 2.06 bits per heavy atom. The molecule has 6 heteroatoms. The van der Waals surface area contributed by atoms with Crippen LogP contribution in [0.25, 0.3) is 0 Å². The van der Waals surface area contributed by atoms with E-state index in [9.17, 15) is 13.2 Å². The molecule has 1 aromatic carbocycles. The Balaban J connectivity index is 3.12. The molecule has 0 aliphatic rings. The summed E-state index contributed by atoms with van der Waals surface area (Å²) in [5.41, 5.74) is 1.19. The van der Waals surface area contributed by atoms with Gasteiger partial charge in [-0.15, -0.1) is 0 Å². The van der Waals surface area contributed by atoms with E-state index in [4.69, 9.17) is 5.14 Å². The first-order chi connectivity index (χ1) is 7.84. The molecule has 1 aromatic rings. The molecule has 1 amide bonds. The van der Waals surface area contributed by atoms with E-state index >= 15 is 0 Å². The van der Waals surface area contributed by atoms with Crippen LogP contribution in [-0.2, 0) is 14.8 Å². The molecular formula is C11H14N2O3S. The van der Waals surface area contributed by atoms with Crippen molar-refractivity contribution in [1.82, 2.24) is 0 Å². The fraction of sp³-hybridized carbons (Fsp3) is 0.182. The van der Waals surface area contributed by atoms with Crippen molar-refractivity contribution >= 4 is 21.6 Å². The maximum atomic E-state index is 11.3. The molecule has 0 radical (unpaired) electrons. The molecule has 17 heavy (non-hydrogen) atoms. The Morgan fingerprint density at radius 1 is 1.41 bits per heavy atom. The highest BCUT2D eigenvalue weighted by molar-refractivity contribution is 7.89. The van der Waals surface area contributed by atoms with Crippen molar-refractivity contribution in [1.29, 1.82) is 0 Å². The summed E-state index contributed by atoms with van der Waals surface area (Å²) in [4.78, 5) is 11.3. The van der Waals surface area contributed by atoms with Gasteiger partial charge in [-0.2, -0.15) is 0 Å². The maximum absolute atomic E-state index is 11.3. The molecule has 0 atom stereocenters. The Kier molecular flexibility index (Phi) is 4.03. The minimum Gasteiger partial charge on any atom is -0.322 e. The van der Waals surface area contributed by atoms with Crippen molar-refractivity contribution in [3.8, 4) is 0 Å². The zero-order valence-corrected chi connectivity index (χ0v) is 10.4. The van der Waals surface area contributed by atoms with E-state index < -0.39 is 10.0 Å². The van der Waals surface area contributed by atoms with Gasteiger partial charge in [0.25, 0.3) is 0 Å². The van der Waals surface area contributed by atoms with Gasteiger partial charge in [0.1, 0.15) is 0 Å². The zero-order valence-electron chi connectivity index (χ0n) is 9.60. The number of carbonyl (C=O) groups is 1. The van der Waals surface area contributed by atoms with Crippen molar-refractivity contribution in [2.45, 2.75) is 18.7 Å². The molecule has 0 aliphatic carbocycles. The quantitative estimate of drug-likeness (QED) is 0.793. The van der Waals surface area contributed by atoms with E-state index in [-0.39, 0.29) is 10.8 Å². The number of benzene rings is 1. The second-order valence-corrected chi connectivity index (χ2v) is 5.07. The summed E-state index contributed by atoms with van der Waals surface area (Å²) in [6, 6.07) is 4.33. The van der Waals surface area contributed by atoms with Crippen molar-refractivity contribution in [2.24, 2.45) is 5.14 Å². The minimum absolute atomic E-state index is 0.0288. The Hall–Kier alpha value is -1.66. The number of nitrogens with one attached hydrogen (secondary N) is 1. The number of sulfonamides is 1. The lowest BCUT2D eigenvalue weighted by Gasteiger charge is -2.08. The Bertz CT molecular complexity index is 562. The smallest absolute Gasteiger partial charge is 0.248 e. The fourth-order valence-corrected chi connectivity index (χ4v) is 1.78. The van der Waals surface area contributed by atoms with Crippen molar-refractivity contribution < 1.29 is 13.2 Å². The van der Waals surface area contributed by atoms with Crippen LogP contribution < -0.4 is 10.5 Å². The molecule has 92 valence electrons. The monoisotopic (exact) mass is 254 g/mol. The van der Waals surface area contributed by atoms with Gasteiger partial charge in [0, 0.05) is 5.69 Å². The number of rotatable bonds is 3. The maximum Gasteiger partial charge on any atom is 0.248 e. The number of primary sulfonamides is 1. The van der Waals surface area contributed by atoms with Crippen molar-refractivity contribution in [3.05, 3.63) is 35.9 Å². The summed E-state index contributed by atoms with van der Waals surface area (Å²) in [7, 11) is -3.76. The van der Waals surface area contributed by atoms with E-state index in [1.165, 1.54) is 18.2 Å². The third-order valence-corrected chi connectivity index (χ3v) is 3.02. The lowest BCUT2D eigenvalue weighted by molar-refractivity contribution is -0.111. The average Bonchev–Trinajstić information content (AvgIpc) is 2.20. The number of allylic oxidation sites excluding steroid dienone is 1. The number of hydrogen-bond acceptors (Lipinski definition) is 3. The summed E-state index contributed by atoms with van der Waals surface area (Å²) in [6.45, 7) is 3.48. The summed E-state index contributed by atoms with van der Waals surface area (Å²) in [6.07, 6.45) is 2.94. The molecule has 0 unspecified atom stereocenters. The fourth-order valence-electron chi connectivity index (χ4n) is 1.24. The third kappa shape index (κ3) is 3.69. The van der Waals surface area contributed by atoms with Gasteiger partial charge in [-0.05, 0) is 37.6 Å². The standard InChI is InChI=1S/C11H14N2O3S/c1-3-4-11(14)13-10-7-9(17(12,15)16)6-5-8(10)2/h3-7H,1-2H3,(H,13,14)(H2,12,15,16)/b4-3+. The van der Waals surface area contributed by atoms with Crippen LogP contribution in [0.2, 0.25) is 0 Å². The minimum atomic E-state index is -3.76. The van der Waals surface area contributed by atoms with E-state index in [0.29, 0.717) is 5.69 Å². The zero-order chi connectivity index (χ0) is 13.1. The van der Waals surface area contributed by atoms with Gasteiger partial charge in [0.2, 0.25) is 15.9 Å². The number of hydrogen-bond donors (Lipinski definition) is 2. The van der Waals surface area contributed by atoms with Crippen LogP contribution in [0.4, 0.5) is 5.69 Å². The molecule has 3 N–H and O–H groups in total. The lowest BCUT2D eigenvalue weighted by Crippen LogP contribution is -2.14. The van der Waals surface area contributed by atoms with E-state index in [1.807, 2.05) is 0 Å². The predicted molar refractivity (Wildman–Crippen MR) is 66.0 cm³/mol. The molecule has 0 saturated carbocycles. The summed E-state index contributed by atoms with van der Waals surface area (Å²) < 4.78 is 22.3. The largest absolute Gasteiger partial charge is 0.322 e. The van der Waals surface area contributed by atoms with E-state index in [0.717, 1.165) is 5.56 Å². The molecule has 0 aromatic heterocycles. The highest BCUT2D eigenvalue weighted by Gasteiger charge is 2.10. The first-order valence-corrected chi connectivity index (χ1v) is 6.46. The third-order valence-electron chi connectivity index (χ3n) is 2.11. The topological polar surface area (TPSA) is 89.3 Å². The van der Waals surface area contributed by atoms with Gasteiger partial charge < -0.3 is 5.32 Å². The van der Waals surface area contributed by atoms with Gasteiger partial charge in [-0.25, -0.2) is 13.6 Å². The molecule has 0 aliphatic heterocycles. The number of anilines is 1. The number of aryl methyl sites for hydroxylation is 1. The van der Waals surface area contributed by atoms with Crippen LogP contribution in [-0.4, -0.2) is 14.3 Å². The predicted octanol–water partition coefficient (Wildman–Crippen LogP) is 1.16. The van der Waals surface area contributed by atoms with Gasteiger partial charge in [0.15, 0.2) is 0 Å². The molecule has 0 heterocycles. The number of amides is 1. The van der Waals surface area contributed by atoms with Gasteiger partial charge in [-0.3, -0.25) is 4.79 Å². The van der Waals surface area contributed by atoms with Gasteiger partial charge in [0.05, 0.1) is 4.90 Å². The lowest BCUT2D eigenvalue weighted by atomic mass is 10.2. The summed E-state index contributed by atoms with van der Waals surface area (Å²) >= 11 is 0. The first kappa shape index (κ1) is 13.4. The van der Waals surface area contributed by atoms with Crippen LogP contribution in [0.1, 0.15) is 12.5 Å². The van der Waals surface area contributed by atoms with Crippen LogP contribution >= 0.6 is 0 Å². The normalized spacial score (nSPS) is 11.7. The van der Waals surface area contributed by atoms with E-state index in [1.54, 1.807) is 26.0 Å². The van der Waals surface area contributed by atoms with Gasteiger partial charge >= 0.3 is 0 Å². The molecule has 0 spiro atoms. The van der Waals surface area contributed by atoms with Crippen LogP contribution in [0.5, 0.6) is 0 Å². The molecule has 0 bridgehead atoms. The second-order valence-electron chi connectivity index (χ2n) is 3.51. The number of carbonyl (C=O) groups excluding carboxylic acids is 1. The van der Waals surface area contributed by atoms with Crippen LogP contribution in [0.15, 0.2) is 35.2 Å². The number of nitrogens with two attached hydrogens (primary N) is 1. The van der Waals surface area contributed by atoms with Crippen LogP contribution in [0.3, 0.4) is 0 Å².